The van der Waals surface area contributed by atoms with Crippen molar-refractivity contribution in [1.29, 1.82) is 0 Å². The van der Waals surface area contributed by atoms with Crippen molar-refractivity contribution in [2.24, 2.45) is 0 Å². The first-order valence-electron chi connectivity index (χ1n) is 6.12. The number of quaternary nitrogens is 2. The molecule has 0 aliphatic rings. The number of nitrogens with zero attached hydrogens (tertiary/aromatic N) is 2. The molecule has 20 heavy (non-hydrogen) atoms. The summed E-state index contributed by atoms with van der Waals surface area (Å²) in [5, 5.41) is 17.7. The van der Waals surface area contributed by atoms with E-state index >= 15 is 0 Å². The van der Waals surface area contributed by atoms with E-state index in [0.29, 0.717) is 13.1 Å². The van der Waals surface area contributed by atoms with Gasteiger partial charge in [0, 0.05) is 0 Å². The standard InChI is InChI=1S/C12H26N2O4.2BrH/c1-13(2,7-9-15)11(17)5-6-12(18)14(3,4)8-10-16;;/h15-16H,5-10H2,1-4H3;2*1H/q+2;;/p-2. The third-order valence-electron chi connectivity index (χ3n) is 3.22. The highest BCUT2D eigenvalue weighted by Gasteiger charge is 2.30. The van der Waals surface area contributed by atoms with Gasteiger partial charge in [0.1, 0.15) is 13.1 Å². The number of carbonyl (C=O) groups is 2. The number of rotatable bonds is 7. The second-order valence-corrected chi connectivity index (χ2v) is 5.55. The molecule has 0 atom stereocenters. The summed E-state index contributed by atoms with van der Waals surface area (Å²) in [5.74, 6) is -0.136. The second-order valence-electron chi connectivity index (χ2n) is 5.55. The van der Waals surface area contributed by atoms with Crippen molar-refractivity contribution in [3.05, 3.63) is 0 Å². The van der Waals surface area contributed by atoms with Gasteiger partial charge in [-0.15, -0.1) is 0 Å². The second kappa shape index (κ2) is 10.8. The number of halogens is 2. The van der Waals surface area contributed by atoms with Gasteiger partial charge in [-0.2, -0.15) is 0 Å². The van der Waals surface area contributed by atoms with Crippen molar-refractivity contribution in [2.45, 2.75) is 12.8 Å². The predicted molar refractivity (Wildman–Crippen MR) is 67.4 cm³/mol. The molecule has 0 saturated carbocycles. The first kappa shape index (κ1) is 25.1. The van der Waals surface area contributed by atoms with Gasteiger partial charge < -0.3 is 44.2 Å². The maximum absolute atomic E-state index is 11.9. The Morgan fingerprint density at radius 1 is 0.750 bits per heavy atom. The Morgan fingerprint density at radius 2 is 1.00 bits per heavy atom. The molecule has 122 valence electrons. The first-order chi connectivity index (χ1) is 8.17. The average Bonchev–Trinajstić information content (AvgIpc) is 2.24. The normalized spacial score (nSPS) is 11.3. The zero-order valence-corrected chi connectivity index (χ0v) is 15.8. The van der Waals surface area contributed by atoms with Crippen LogP contribution in [0.15, 0.2) is 0 Å². The van der Waals surface area contributed by atoms with E-state index in [1.165, 1.54) is 0 Å². The maximum Gasteiger partial charge on any atom is 0.314 e. The number of aliphatic hydroxyl groups excluding tert-OH is 2. The van der Waals surface area contributed by atoms with Crippen molar-refractivity contribution in [1.82, 2.24) is 0 Å². The Morgan fingerprint density at radius 3 is 1.20 bits per heavy atom. The van der Waals surface area contributed by atoms with E-state index in [0.717, 1.165) is 0 Å². The molecule has 0 aromatic rings. The molecule has 0 rings (SSSR count). The van der Waals surface area contributed by atoms with E-state index in [-0.39, 0.29) is 80.8 Å². The van der Waals surface area contributed by atoms with Crippen LogP contribution in [0.2, 0.25) is 0 Å². The minimum Gasteiger partial charge on any atom is -1.00 e. The van der Waals surface area contributed by atoms with Gasteiger partial charge in [-0.05, 0) is 0 Å². The number of hydrogen-bond acceptors (Lipinski definition) is 4. The molecule has 0 aromatic heterocycles. The molecule has 2 N–H and O–H groups in total. The molecule has 0 bridgehead atoms. The Balaban J connectivity index is -0.00000144. The van der Waals surface area contributed by atoms with E-state index in [1.54, 1.807) is 28.2 Å². The molecular weight excluding hydrogens is 396 g/mol. The molecule has 0 aliphatic heterocycles. The highest BCUT2D eigenvalue weighted by atomic mass is 79.9. The third-order valence-corrected chi connectivity index (χ3v) is 3.22. The summed E-state index contributed by atoms with van der Waals surface area (Å²) in [4.78, 5) is 23.8. The molecule has 0 saturated heterocycles. The quantitative estimate of drug-likeness (QED) is 0.400. The topological polar surface area (TPSA) is 74.6 Å². The third kappa shape index (κ3) is 8.43. The van der Waals surface area contributed by atoms with Crippen LogP contribution in [0.25, 0.3) is 0 Å². The van der Waals surface area contributed by atoms with Crippen molar-refractivity contribution >= 4 is 11.8 Å². The summed E-state index contributed by atoms with van der Waals surface area (Å²) in [6.07, 6.45) is 0.331. The highest BCUT2D eigenvalue weighted by molar-refractivity contribution is 5.77. The summed E-state index contributed by atoms with van der Waals surface area (Å²) < 4.78 is 0.161. The van der Waals surface area contributed by atoms with Gasteiger partial charge in [0.25, 0.3) is 0 Å². The van der Waals surface area contributed by atoms with Gasteiger partial charge in [0.15, 0.2) is 0 Å². The fourth-order valence-electron chi connectivity index (χ4n) is 1.57. The van der Waals surface area contributed by atoms with Crippen LogP contribution in [-0.2, 0) is 9.59 Å². The molecule has 2 amide bonds. The highest BCUT2D eigenvalue weighted by Crippen LogP contribution is 2.08. The minimum atomic E-state index is -0.0681. The minimum absolute atomic E-state index is 0. The monoisotopic (exact) mass is 420 g/mol. The molecule has 0 aromatic carbocycles. The van der Waals surface area contributed by atoms with Crippen molar-refractivity contribution in [3.63, 3.8) is 0 Å². The van der Waals surface area contributed by atoms with Gasteiger partial charge in [-0.1, -0.05) is 0 Å². The van der Waals surface area contributed by atoms with Crippen molar-refractivity contribution in [2.75, 3.05) is 54.5 Å². The zero-order chi connectivity index (χ0) is 14.4. The summed E-state index contributed by atoms with van der Waals surface area (Å²) in [7, 11) is 6.88. The van der Waals surface area contributed by atoms with Crippen LogP contribution in [0.4, 0.5) is 0 Å². The molecule has 0 unspecified atom stereocenters. The molecular formula is C12H26Br2N2O4. The van der Waals surface area contributed by atoms with Crippen LogP contribution in [-0.4, -0.2) is 85.5 Å². The predicted octanol–water partition coefficient (Wildman–Crippen LogP) is -7.03. The van der Waals surface area contributed by atoms with E-state index in [2.05, 4.69) is 0 Å². The Kier molecular flexibility index (Phi) is 13.6. The number of carbonyl (C=O) groups excluding carboxylic acids is 2. The average molecular weight is 422 g/mol. The lowest BCUT2D eigenvalue weighted by atomic mass is 10.2. The molecule has 0 aliphatic carbocycles. The Bertz CT molecular complexity index is 280. The van der Waals surface area contributed by atoms with Crippen molar-refractivity contribution < 1.29 is 62.7 Å². The lowest BCUT2D eigenvalue weighted by Crippen LogP contribution is -3.00. The number of hydrogen-bond donors (Lipinski definition) is 2. The van der Waals surface area contributed by atoms with Gasteiger partial charge >= 0.3 is 11.8 Å². The summed E-state index contributed by atoms with van der Waals surface area (Å²) in [6, 6.07) is 0. The summed E-state index contributed by atoms with van der Waals surface area (Å²) in [6.45, 7) is 0.585. The van der Waals surface area contributed by atoms with Gasteiger partial charge in [0.2, 0.25) is 0 Å². The van der Waals surface area contributed by atoms with E-state index in [4.69, 9.17) is 10.2 Å². The first-order valence-corrected chi connectivity index (χ1v) is 6.12. The smallest absolute Gasteiger partial charge is 0.314 e. The van der Waals surface area contributed by atoms with Crippen LogP contribution < -0.4 is 34.0 Å². The molecule has 0 radical (unpaired) electrons. The molecule has 0 spiro atoms. The van der Waals surface area contributed by atoms with Gasteiger partial charge in [-0.25, -0.2) is 9.59 Å². The van der Waals surface area contributed by atoms with Crippen LogP contribution in [0, 0.1) is 0 Å². The number of likely N-dealkylation sites (N-methyl/N-ethyl adjacent to an activating group) is 2. The Hall–Kier alpha value is 0.140. The number of amides is 2. The maximum atomic E-state index is 11.9. The van der Waals surface area contributed by atoms with Crippen LogP contribution in [0.5, 0.6) is 0 Å². The summed E-state index contributed by atoms with van der Waals surface area (Å²) in [5.41, 5.74) is 0. The lowest BCUT2D eigenvalue weighted by molar-refractivity contribution is -0.817. The van der Waals surface area contributed by atoms with Crippen LogP contribution >= 0.6 is 0 Å². The molecule has 0 heterocycles. The van der Waals surface area contributed by atoms with E-state index in [9.17, 15) is 9.59 Å². The van der Waals surface area contributed by atoms with E-state index < -0.39 is 0 Å². The molecule has 6 nitrogen and oxygen atoms in total. The largest absolute Gasteiger partial charge is 1.00 e. The Labute approximate surface area is 142 Å². The number of aliphatic hydroxyl groups is 2. The molecule has 8 heteroatoms. The van der Waals surface area contributed by atoms with E-state index in [1.807, 2.05) is 0 Å². The van der Waals surface area contributed by atoms with Crippen LogP contribution in [0.3, 0.4) is 0 Å². The SMILES string of the molecule is C[N+](C)(CCO)C(=O)CCC(=O)[N+](C)(C)CCO.[Br-].[Br-]. The van der Waals surface area contributed by atoms with Gasteiger partial charge in [0.05, 0.1) is 54.2 Å². The van der Waals surface area contributed by atoms with Gasteiger partial charge in [-0.3, -0.25) is 8.97 Å². The fourth-order valence-corrected chi connectivity index (χ4v) is 1.57. The molecule has 0 fully saturated rings. The summed E-state index contributed by atoms with van der Waals surface area (Å²) >= 11 is 0. The fraction of sp³-hybridized carbons (Fsp3) is 0.833. The van der Waals surface area contributed by atoms with Crippen LogP contribution in [0.1, 0.15) is 12.8 Å². The lowest BCUT2D eigenvalue weighted by Gasteiger charge is -2.28. The van der Waals surface area contributed by atoms with Crippen molar-refractivity contribution in [3.8, 4) is 0 Å². The zero-order valence-electron chi connectivity index (χ0n) is 12.6.